The van der Waals surface area contributed by atoms with Crippen LogP contribution in [0.2, 0.25) is 0 Å². The quantitative estimate of drug-likeness (QED) is 0.794. The van der Waals surface area contributed by atoms with Gasteiger partial charge in [-0.3, -0.25) is 4.79 Å². The lowest BCUT2D eigenvalue weighted by Gasteiger charge is -2.29. The Balaban J connectivity index is 1.74. The Labute approximate surface area is 139 Å². The highest BCUT2D eigenvalue weighted by Crippen LogP contribution is 2.26. The number of nitrogens with zero attached hydrogens (tertiary/aromatic N) is 1. The van der Waals surface area contributed by atoms with Gasteiger partial charge in [-0.05, 0) is 56.1 Å². The summed E-state index contributed by atoms with van der Waals surface area (Å²) in [7, 11) is 0. The van der Waals surface area contributed by atoms with E-state index in [9.17, 15) is 13.6 Å². The molecule has 4 nitrogen and oxygen atoms in total. The molecular weight excluding hydrogens is 326 g/mol. The summed E-state index contributed by atoms with van der Waals surface area (Å²) in [6.07, 6.45) is 2.76. The molecule has 0 radical (unpaired) electrons. The molecule has 1 heterocycles. The van der Waals surface area contributed by atoms with Gasteiger partial charge in [-0.2, -0.15) is 0 Å². The van der Waals surface area contributed by atoms with Crippen LogP contribution in [0.5, 0.6) is 5.75 Å². The molecule has 1 N–H and O–H groups in total. The molecule has 23 heavy (non-hydrogen) atoms. The van der Waals surface area contributed by atoms with Gasteiger partial charge in [0.05, 0.1) is 0 Å². The van der Waals surface area contributed by atoms with Gasteiger partial charge >= 0.3 is 5.57 Å². The predicted molar refractivity (Wildman–Crippen MR) is 86.0 cm³/mol. The second kappa shape index (κ2) is 7.93. The fourth-order valence-electron chi connectivity index (χ4n) is 2.51. The van der Waals surface area contributed by atoms with Crippen LogP contribution >= 0.6 is 11.6 Å². The fourth-order valence-corrected chi connectivity index (χ4v) is 2.60. The van der Waals surface area contributed by atoms with Crippen LogP contribution < -0.4 is 10.1 Å². The number of halogens is 3. The van der Waals surface area contributed by atoms with Gasteiger partial charge in [-0.1, -0.05) is 6.92 Å². The molecule has 1 aromatic carbocycles. The molecule has 0 unspecified atom stereocenters. The van der Waals surface area contributed by atoms with Crippen molar-refractivity contribution >= 4 is 23.2 Å². The van der Waals surface area contributed by atoms with Crippen LogP contribution in [0.1, 0.15) is 26.2 Å². The van der Waals surface area contributed by atoms with Gasteiger partial charge in [0.1, 0.15) is 5.75 Å². The average Bonchev–Trinajstić information content (AvgIpc) is 2.47. The van der Waals surface area contributed by atoms with Crippen molar-refractivity contribution in [1.29, 1.82) is 0 Å². The maximum atomic E-state index is 12.5. The Morgan fingerprint density at radius 2 is 1.96 bits per heavy atom. The normalized spacial score (nSPS) is 17.0. The van der Waals surface area contributed by atoms with Crippen LogP contribution in [0.25, 0.3) is 0 Å². The Morgan fingerprint density at radius 1 is 1.35 bits per heavy atom. The maximum Gasteiger partial charge on any atom is 0.487 e. The number of likely N-dealkylation sites (tertiary alicyclic amines) is 1. The molecular formula is C16H21ClF2N2O2. The maximum absolute atomic E-state index is 12.5. The van der Waals surface area contributed by atoms with E-state index in [-0.39, 0.29) is 11.7 Å². The van der Waals surface area contributed by atoms with Crippen molar-refractivity contribution in [3.05, 3.63) is 24.3 Å². The fraction of sp³-hybridized carbons (Fsp3) is 0.562. The van der Waals surface area contributed by atoms with Crippen LogP contribution in [0, 0.1) is 5.92 Å². The van der Waals surface area contributed by atoms with Gasteiger partial charge in [0.2, 0.25) is 5.91 Å². The number of carbonyl (C=O) groups excluding carboxylic acids is 1. The van der Waals surface area contributed by atoms with E-state index < -0.39 is 5.57 Å². The van der Waals surface area contributed by atoms with Crippen molar-refractivity contribution in [2.24, 2.45) is 5.92 Å². The summed E-state index contributed by atoms with van der Waals surface area (Å²) in [5.41, 5.74) is -3.20. The minimum atomic E-state index is -3.74. The van der Waals surface area contributed by atoms with Crippen molar-refractivity contribution in [3.8, 4) is 5.75 Å². The third-order valence-electron chi connectivity index (χ3n) is 3.90. The smallest absolute Gasteiger partial charge is 0.420 e. The zero-order chi connectivity index (χ0) is 16.9. The lowest BCUT2D eigenvalue weighted by atomic mass is 9.99. The van der Waals surface area contributed by atoms with Gasteiger partial charge in [0.15, 0.2) is 0 Å². The lowest BCUT2D eigenvalue weighted by molar-refractivity contribution is -0.116. The second-order valence-corrected chi connectivity index (χ2v) is 6.33. The van der Waals surface area contributed by atoms with Crippen molar-refractivity contribution < 1.29 is 18.3 Å². The molecule has 0 atom stereocenters. The molecule has 1 saturated heterocycles. The first kappa shape index (κ1) is 17.9. The van der Waals surface area contributed by atoms with E-state index in [0.29, 0.717) is 12.1 Å². The van der Waals surface area contributed by atoms with Gasteiger partial charge in [-0.15, -0.1) is 8.78 Å². The first-order chi connectivity index (χ1) is 10.8. The number of amides is 1. The largest absolute Gasteiger partial charge is 0.487 e. The number of carbonyl (C=O) groups is 1. The summed E-state index contributed by atoms with van der Waals surface area (Å²) in [5, 5.41) is 2.74. The Kier molecular flexibility index (Phi) is 6.18. The number of anilines is 1. The molecule has 1 aliphatic rings. The Morgan fingerprint density at radius 3 is 2.52 bits per heavy atom. The number of alkyl halides is 3. The molecule has 0 spiro atoms. The van der Waals surface area contributed by atoms with Crippen LogP contribution in [-0.4, -0.2) is 36.0 Å². The molecule has 1 fully saturated rings. The summed E-state index contributed by atoms with van der Waals surface area (Å²) in [4.78, 5) is 14.2. The minimum Gasteiger partial charge on any atom is -0.420 e. The number of nitrogens with one attached hydrogen (secondary N) is 1. The zero-order valence-electron chi connectivity index (χ0n) is 13.0. The Bertz CT molecular complexity index is 512. The van der Waals surface area contributed by atoms with Gasteiger partial charge in [-0.25, -0.2) is 0 Å². The van der Waals surface area contributed by atoms with E-state index in [1.165, 1.54) is 37.1 Å². The molecule has 128 valence electrons. The highest BCUT2D eigenvalue weighted by Gasteiger charge is 2.27. The van der Waals surface area contributed by atoms with Gasteiger partial charge in [0, 0.05) is 30.3 Å². The van der Waals surface area contributed by atoms with Gasteiger partial charge in [0.25, 0.3) is 0 Å². The number of rotatable bonds is 6. The molecule has 7 heteroatoms. The van der Waals surface area contributed by atoms with E-state index in [0.717, 1.165) is 25.6 Å². The van der Waals surface area contributed by atoms with Crippen LogP contribution in [0.15, 0.2) is 24.3 Å². The number of ether oxygens (including phenoxy) is 1. The molecule has 0 aromatic heterocycles. The van der Waals surface area contributed by atoms with E-state index in [4.69, 9.17) is 0 Å². The van der Waals surface area contributed by atoms with Crippen molar-refractivity contribution in [2.75, 3.05) is 25.0 Å². The third-order valence-corrected chi connectivity index (χ3v) is 3.98. The lowest BCUT2D eigenvalue weighted by Crippen LogP contribution is -2.35. The summed E-state index contributed by atoms with van der Waals surface area (Å²) in [6.45, 7) is 5.05. The van der Waals surface area contributed by atoms with Gasteiger partial charge < -0.3 is 15.0 Å². The van der Waals surface area contributed by atoms with Crippen molar-refractivity contribution in [2.45, 2.75) is 31.8 Å². The van der Waals surface area contributed by atoms with E-state index in [1.807, 2.05) is 0 Å². The number of piperidine rings is 1. The number of benzene rings is 1. The first-order valence-corrected chi connectivity index (χ1v) is 8.07. The average molecular weight is 347 g/mol. The topological polar surface area (TPSA) is 41.6 Å². The number of hydrogen-bond donors (Lipinski definition) is 1. The molecule has 1 amide bonds. The zero-order valence-corrected chi connectivity index (χ0v) is 13.8. The molecule has 1 aromatic rings. The van der Waals surface area contributed by atoms with Crippen molar-refractivity contribution in [1.82, 2.24) is 4.90 Å². The highest BCUT2D eigenvalue weighted by molar-refractivity contribution is 6.20. The van der Waals surface area contributed by atoms with Crippen molar-refractivity contribution in [3.63, 3.8) is 0 Å². The van der Waals surface area contributed by atoms with Crippen LogP contribution in [-0.2, 0) is 4.79 Å². The summed E-state index contributed by atoms with van der Waals surface area (Å²) >= 11 is 4.69. The van der Waals surface area contributed by atoms with Crippen LogP contribution in [0.3, 0.4) is 0 Å². The summed E-state index contributed by atoms with van der Waals surface area (Å²) < 4.78 is 29.2. The first-order valence-electron chi connectivity index (χ1n) is 7.70. The number of hydrogen-bond acceptors (Lipinski definition) is 3. The monoisotopic (exact) mass is 346 g/mol. The molecule has 0 aliphatic carbocycles. The summed E-state index contributed by atoms with van der Waals surface area (Å²) in [6, 6.07) is 5.66. The molecule has 0 bridgehead atoms. The molecule has 0 saturated carbocycles. The SMILES string of the molecule is CC1CCN(CCC(=O)Nc2ccc(OC(F)(F)Cl)cc2)CC1. The van der Waals surface area contributed by atoms with E-state index in [1.54, 1.807) is 0 Å². The predicted octanol–water partition coefficient (Wildman–Crippen LogP) is 3.92. The van der Waals surface area contributed by atoms with E-state index in [2.05, 4.69) is 33.5 Å². The van der Waals surface area contributed by atoms with E-state index >= 15 is 0 Å². The minimum absolute atomic E-state index is 0.0644. The molecule has 2 rings (SSSR count). The van der Waals surface area contributed by atoms with Crippen LogP contribution in [0.4, 0.5) is 14.5 Å². The highest BCUT2D eigenvalue weighted by atomic mass is 35.5. The third kappa shape index (κ3) is 6.71. The standard InChI is InChI=1S/C16H21ClF2N2O2/c1-12-6-9-21(10-7-12)11-8-15(22)20-13-2-4-14(5-3-13)23-16(17,18)19/h2-5,12H,6-11H2,1H3,(H,20,22). The Hall–Kier alpha value is -1.40. The summed E-state index contributed by atoms with van der Waals surface area (Å²) in [5.74, 6) is 0.603. The molecule has 1 aliphatic heterocycles. The second-order valence-electron chi connectivity index (χ2n) is 5.89.